The zero-order valence-electron chi connectivity index (χ0n) is 11.2. The van der Waals surface area contributed by atoms with Gasteiger partial charge in [0.25, 0.3) is 0 Å². The monoisotopic (exact) mass is 267 g/mol. The maximum absolute atomic E-state index is 11.2. The van der Waals surface area contributed by atoms with Crippen LogP contribution in [0, 0.1) is 0 Å². The van der Waals surface area contributed by atoms with Crippen molar-refractivity contribution in [2.75, 3.05) is 5.73 Å². The molecule has 0 fully saturated rings. The summed E-state index contributed by atoms with van der Waals surface area (Å²) in [6, 6.07) is 7.94. The molecule has 1 aliphatic rings. The normalized spacial score (nSPS) is 16.9. The lowest BCUT2D eigenvalue weighted by atomic mass is 9.93. The van der Waals surface area contributed by atoms with Crippen molar-refractivity contribution in [2.45, 2.75) is 25.2 Å². The van der Waals surface area contributed by atoms with E-state index in [-0.39, 0.29) is 0 Å². The van der Waals surface area contributed by atoms with E-state index in [0.29, 0.717) is 11.5 Å². The minimum Gasteiger partial charge on any atom is -0.398 e. The number of primary amides is 1. The molecule has 20 heavy (non-hydrogen) atoms. The second-order valence-corrected chi connectivity index (χ2v) is 5.30. The predicted octanol–water partition coefficient (Wildman–Crippen LogP) is 2.04. The standard InChI is InChI=1S/C16H17N3O/c17-15-3-1-2-13-11(4-5-14(13)15)6-10-7-12(16(18)20)9-19-8-10/h1-3,7-9,11H,4-6,17H2,(H2,18,20). The fourth-order valence-corrected chi connectivity index (χ4v) is 3.00. The van der Waals surface area contributed by atoms with Crippen molar-refractivity contribution in [3.8, 4) is 0 Å². The summed E-state index contributed by atoms with van der Waals surface area (Å²) in [6.07, 6.45) is 6.29. The number of nitrogens with two attached hydrogens (primary N) is 2. The summed E-state index contributed by atoms with van der Waals surface area (Å²) < 4.78 is 0. The first-order chi connectivity index (χ1) is 9.65. The molecule has 0 radical (unpaired) electrons. The molecule has 0 saturated carbocycles. The van der Waals surface area contributed by atoms with Crippen molar-refractivity contribution in [1.29, 1.82) is 0 Å². The number of hydrogen-bond donors (Lipinski definition) is 2. The number of carbonyl (C=O) groups excluding carboxylic acids is 1. The van der Waals surface area contributed by atoms with E-state index in [0.717, 1.165) is 30.5 Å². The van der Waals surface area contributed by atoms with Gasteiger partial charge in [-0.2, -0.15) is 0 Å². The van der Waals surface area contributed by atoms with Gasteiger partial charge >= 0.3 is 0 Å². The Hall–Kier alpha value is -2.36. The fourth-order valence-electron chi connectivity index (χ4n) is 3.00. The lowest BCUT2D eigenvalue weighted by molar-refractivity contribution is 0.1000. The van der Waals surface area contributed by atoms with Gasteiger partial charge in [-0.3, -0.25) is 9.78 Å². The van der Waals surface area contributed by atoms with Crippen molar-refractivity contribution in [3.05, 3.63) is 58.9 Å². The molecule has 3 rings (SSSR count). The van der Waals surface area contributed by atoms with Crippen molar-refractivity contribution in [2.24, 2.45) is 5.73 Å². The summed E-state index contributed by atoms with van der Waals surface area (Å²) >= 11 is 0. The molecule has 1 aliphatic carbocycles. The fraction of sp³-hybridized carbons (Fsp3) is 0.250. The zero-order chi connectivity index (χ0) is 14.1. The third kappa shape index (κ3) is 2.25. The molecule has 0 saturated heterocycles. The lowest BCUT2D eigenvalue weighted by Gasteiger charge is -2.12. The number of pyridine rings is 1. The second-order valence-electron chi connectivity index (χ2n) is 5.30. The third-order valence-corrected chi connectivity index (χ3v) is 3.99. The minimum atomic E-state index is -0.435. The predicted molar refractivity (Wildman–Crippen MR) is 78.4 cm³/mol. The molecule has 1 amide bonds. The average Bonchev–Trinajstić information content (AvgIpc) is 2.84. The highest BCUT2D eigenvalue weighted by Gasteiger charge is 2.24. The number of fused-ring (bicyclic) bond motifs is 1. The molecule has 2 aromatic rings. The van der Waals surface area contributed by atoms with E-state index < -0.39 is 5.91 Å². The van der Waals surface area contributed by atoms with Gasteiger partial charge in [-0.05, 0) is 54.0 Å². The van der Waals surface area contributed by atoms with Gasteiger partial charge in [0.05, 0.1) is 5.56 Å². The van der Waals surface area contributed by atoms with Crippen LogP contribution in [0.3, 0.4) is 0 Å². The zero-order valence-corrected chi connectivity index (χ0v) is 11.2. The molecule has 4 N–H and O–H groups in total. The summed E-state index contributed by atoms with van der Waals surface area (Å²) in [7, 11) is 0. The van der Waals surface area contributed by atoms with E-state index >= 15 is 0 Å². The molecule has 1 unspecified atom stereocenters. The Morgan fingerprint density at radius 1 is 1.35 bits per heavy atom. The summed E-state index contributed by atoms with van der Waals surface area (Å²) in [5, 5.41) is 0. The molecule has 1 atom stereocenters. The second kappa shape index (κ2) is 4.96. The Labute approximate surface area is 117 Å². The van der Waals surface area contributed by atoms with E-state index in [9.17, 15) is 4.79 Å². The maximum atomic E-state index is 11.2. The lowest BCUT2D eigenvalue weighted by Crippen LogP contribution is -2.12. The van der Waals surface area contributed by atoms with E-state index in [2.05, 4.69) is 11.1 Å². The third-order valence-electron chi connectivity index (χ3n) is 3.99. The number of hydrogen-bond acceptors (Lipinski definition) is 3. The van der Waals surface area contributed by atoms with Crippen LogP contribution in [0.25, 0.3) is 0 Å². The number of amides is 1. The number of carbonyl (C=O) groups is 1. The summed E-state index contributed by atoms with van der Waals surface area (Å²) in [5.41, 5.74) is 16.3. The van der Waals surface area contributed by atoms with Crippen molar-refractivity contribution >= 4 is 11.6 Å². The molecule has 0 spiro atoms. The number of anilines is 1. The van der Waals surface area contributed by atoms with Gasteiger partial charge in [0, 0.05) is 18.1 Å². The average molecular weight is 267 g/mol. The van der Waals surface area contributed by atoms with Crippen LogP contribution in [0.1, 0.15) is 39.4 Å². The number of aromatic nitrogens is 1. The molecule has 102 valence electrons. The molecular formula is C16H17N3O. The Morgan fingerprint density at radius 3 is 3.00 bits per heavy atom. The topological polar surface area (TPSA) is 82.0 Å². The molecule has 0 aliphatic heterocycles. The van der Waals surface area contributed by atoms with Gasteiger partial charge in [0.15, 0.2) is 0 Å². The van der Waals surface area contributed by atoms with E-state index in [1.807, 2.05) is 18.2 Å². The van der Waals surface area contributed by atoms with E-state index in [1.165, 1.54) is 17.3 Å². The first kappa shape index (κ1) is 12.7. The van der Waals surface area contributed by atoms with Crippen LogP contribution in [0.5, 0.6) is 0 Å². The van der Waals surface area contributed by atoms with Gasteiger partial charge in [0.2, 0.25) is 5.91 Å². The van der Waals surface area contributed by atoms with Gasteiger partial charge in [-0.15, -0.1) is 0 Å². The molecule has 1 aromatic heterocycles. The highest BCUT2D eigenvalue weighted by atomic mass is 16.1. The maximum Gasteiger partial charge on any atom is 0.250 e. The van der Waals surface area contributed by atoms with Crippen LogP contribution in [-0.4, -0.2) is 10.9 Å². The van der Waals surface area contributed by atoms with Gasteiger partial charge in [-0.25, -0.2) is 0 Å². The van der Waals surface area contributed by atoms with Gasteiger partial charge in [0.1, 0.15) is 0 Å². The van der Waals surface area contributed by atoms with Crippen LogP contribution in [0.15, 0.2) is 36.7 Å². The minimum absolute atomic E-state index is 0.435. The van der Waals surface area contributed by atoms with Gasteiger partial charge < -0.3 is 11.5 Å². The van der Waals surface area contributed by atoms with Crippen LogP contribution in [0.4, 0.5) is 5.69 Å². The summed E-state index contributed by atoms with van der Waals surface area (Å²) in [6.45, 7) is 0. The first-order valence-electron chi connectivity index (χ1n) is 6.76. The number of nitrogen functional groups attached to an aromatic ring is 1. The molecular weight excluding hydrogens is 250 g/mol. The van der Waals surface area contributed by atoms with Crippen molar-refractivity contribution in [3.63, 3.8) is 0 Å². The molecule has 0 bridgehead atoms. The smallest absolute Gasteiger partial charge is 0.250 e. The quantitative estimate of drug-likeness (QED) is 0.835. The van der Waals surface area contributed by atoms with Crippen molar-refractivity contribution < 1.29 is 4.79 Å². The highest BCUT2D eigenvalue weighted by molar-refractivity contribution is 5.92. The van der Waals surface area contributed by atoms with Crippen LogP contribution in [-0.2, 0) is 12.8 Å². The SMILES string of the molecule is NC(=O)c1cncc(CC2CCc3c(N)cccc32)c1. The van der Waals surface area contributed by atoms with Crippen LogP contribution in [0.2, 0.25) is 0 Å². The van der Waals surface area contributed by atoms with Crippen LogP contribution >= 0.6 is 0 Å². The Bertz CT molecular complexity index is 667. The number of nitrogens with zero attached hydrogens (tertiary/aromatic N) is 1. The van der Waals surface area contributed by atoms with Crippen molar-refractivity contribution in [1.82, 2.24) is 4.98 Å². The molecule has 1 aromatic carbocycles. The number of rotatable bonds is 3. The first-order valence-corrected chi connectivity index (χ1v) is 6.76. The van der Waals surface area contributed by atoms with E-state index in [1.54, 1.807) is 6.20 Å². The summed E-state index contributed by atoms with van der Waals surface area (Å²) in [4.78, 5) is 15.3. The molecule has 4 heteroatoms. The Morgan fingerprint density at radius 2 is 2.20 bits per heavy atom. The van der Waals surface area contributed by atoms with E-state index in [4.69, 9.17) is 11.5 Å². The highest BCUT2D eigenvalue weighted by Crippen LogP contribution is 2.38. The summed E-state index contributed by atoms with van der Waals surface area (Å²) in [5.74, 6) is 0.00819. The van der Waals surface area contributed by atoms with Crippen LogP contribution < -0.4 is 11.5 Å². The molecule has 1 heterocycles. The Kier molecular flexibility index (Phi) is 3.14. The number of benzene rings is 1. The van der Waals surface area contributed by atoms with Gasteiger partial charge in [-0.1, -0.05) is 12.1 Å². The molecule has 4 nitrogen and oxygen atoms in total. The largest absolute Gasteiger partial charge is 0.398 e. The Balaban J connectivity index is 1.86.